The highest BCUT2D eigenvalue weighted by Crippen LogP contribution is 1.97. The fourth-order valence-corrected chi connectivity index (χ4v) is 1.15. The number of nitrogens with one attached hydrogen (secondary N) is 1. The number of pyridine rings is 1. The molecule has 0 spiro atoms. The Hall–Kier alpha value is -0.840. The largest absolute Gasteiger partial charge is 0.352 e. The summed E-state index contributed by atoms with van der Waals surface area (Å²) >= 11 is 0. The predicted octanol–water partition coefficient (Wildman–Crippen LogP) is 1.67. The van der Waals surface area contributed by atoms with Crippen LogP contribution in [0.15, 0.2) is 24.5 Å². The highest BCUT2D eigenvalue weighted by atomic mass is 35.5. The van der Waals surface area contributed by atoms with Crippen molar-refractivity contribution < 1.29 is 4.79 Å². The Morgan fingerprint density at radius 2 is 2.00 bits per heavy atom. The zero-order valence-corrected chi connectivity index (χ0v) is 11.4. The van der Waals surface area contributed by atoms with Crippen molar-refractivity contribution in [3.05, 3.63) is 30.1 Å². The zero-order valence-electron chi connectivity index (χ0n) is 9.76. The monoisotopic (exact) mass is 279 g/mol. The Labute approximate surface area is 114 Å². The topological polar surface area (TPSA) is 68.0 Å². The van der Waals surface area contributed by atoms with Gasteiger partial charge in [-0.15, -0.1) is 24.8 Å². The smallest absolute Gasteiger partial charge is 0.220 e. The summed E-state index contributed by atoms with van der Waals surface area (Å²) in [6.07, 6.45) is 4.64. The third-order valence-electron chi connectivity index (χ3n) is 2.07. The molecule has 1 aromatic heterocycles. The van der Waals surface area contributed by atoms with Crippen LogP contribution in [0.5, 0.6) is 0 Å². The maximum absolute atomic E-state index is 11.3. The van der Waals surface area contributed by atoms with Crippen LogP contribution >= 0.6 is 24.8 Å². The molecule has 0 radical (unpaired) electrons. The van der Waals surface area contributed by atoms with E-state index >= 15 is 0 Å². The molecular formula is C11H19Cl2N3O. The SMILES string of the molecule is CC(N)CCC(=O)NCc1ccncc1.Cl.Cl. The van der Waals surface area contributed by atoms with Gasteiger partial charge in [0, 0.05) is 31.4 Å². The lowest BCUT2D eigenvalue weighted by Gasteiger charge is -2.06. The molecule has 1 aromatic rings. The Bertz CT molecular complexity index is 307. The van der Waals surface area contributed by atoms with E-state index in [-0.39, 0.29) is 36.8 Å². The average Bonchev–Trinajstić information content (AvgIpc) is 2.25. The Kier molecular flexibility index (Phi) is 11.2. The van der Waals surface area contributed by atoms with Crippen LogP contribution in [0.3, 0.4) is 0 Å². The number of nitrogens with two attached hydrogens (primary N) is 1. The van der Waals surface area contributed by atoms with Gasteiger partial charge in [-0.2, -0.15) is 0 Å². The third kappa shape index (κ3) is 8.92. The van der Waals surface area contributed by atoms with Gasteiger partial charge >= 0.3 is 0 Å². The zero-order chi connectivity index (χ0) is 11.1. The fourth-order valence-electron chi connectivity index (χ4n) is 1.15. The summed E-state index contributed by atoms with van der Waals surface area (Å²) in [7, 11) is 0. The van der Waals surface area contributed by atoms with Crippen molar-refractivity contribution in [2.45, 2.75) is 32.4 Å². The molecule has 1 amide bonds. The van der Waals surface area contributed by atoms with Crippen molar-refractivity contribution in [2.75, 3.05) is 0 Å². The molecule has 0 bridgehead atoms. The number of carbonyl (C=O) groups excluding carboxylic acids is 1. The second kappa shape index (κ2) is 10.3. The van der Waals surface area contributed by atoms with Gasteiger partial charge in [-0.25, -0.2) is 0 Å². The minimum absolute atomic E-state index is 0. The van der Waals surface area contributed by atoms with Gasteiger partial charge in [0.05, 0.1) is 0 Å². The standard InChI is InChI=1S/C11H17N3O.2ClH/c1-9(12)2-3-11(15)14-8-10-4-6-13-7-5-10;;/h4-7,9H,2-3,8,12H2,1H3,(H,14,15);2*1H. The van der Waals surface area contributed by atoms with E-state index in [9.17, 15) is 4.79 Å². The van der Waals surface area contributed by atoms with E-state index in [1.807, 2.05) is 19.1 Å². The van der Waals surface area contributed by atoms with Crippen molar-refractivity contribution >= 4 is 30.7 Å². The molecule has 3 N–H and O–H groups in total. The summed E-state index contributed by atoms with van der Waals surface area (Å²) < 4.78 is 0. The van der Waals surface area contributed by atoms with Crippen LogP contribution in [0.4, 0.5) is 0 Å². The van der Waals surface area contributed by atoms with Crippen LogP contribution in [-0.2, 0) is 11.3 Å². The minimum Gasteiger partial charge on any atom is -0.352 e. The molecule has 1 rings (SSSR count). The first-order valence-corrected chi connectivity index (χ1v) is 5.09. The average molecular weight is 280 g/mol. The molecule has 98 valence electrons. The number of hydrogen-bond donors (Lipinski definition) is 2. The lowest BCUT2D eigenvalue weighted by molar-refractivity contribution is -0.121. The van der Waals surface area contributed by atoms with Gasteiger partial charge < -0.3 is 11.1 Å². The second-order valence-electron chi connectivity index (χ2n) is 3.65. The van der Waals surface area contributed by atoms with E-state index in [2.05, 4.69) is 10.3 Å². The first-order chi connectivity index (χ1) is 7.18. The molecular weight excluding hydrogens is 261 g/mol. The van der Waals surface area contributed by atoms with E-state index in [4.69, 9.17) is 5.73 Å². The molecule has 0 saturated heterocycles. The summed E-state index contributed by atoms with van der Waals surface area (Å²) in [5, 5.41) is 2.83. The number of halogens is 2. The number of carbonyl (C=O) groups is 1. The number of nitrogens with zero attached hydrogens (tertiary/aromatic N) is 1. The van der Waals surface area contributed by atoms with Gasteiger partial charge in [-0.05, 0) is 31.0 Å². The first kappa shape index (κ1) is 18.5. The Balaban J connectivity index is 0. The second-order valence-corrected chi connectivity index (χ2v) is 3.65. The van der Waals surface area contributed by atoms with Crippen LogP contribution in [0, 0.1) is 0 Å². The molecule has 1 atom stereocenters. The minimum atomic E-state index is 0. The fraction of sp³-hybridized carbons (Fsp3) is 0.455. The predicted molar refractivity (Wildman–Crippen MR) is 73.5 cm³/mol. The number of aromatic nitrogens is 1. The van der Waals surface area contributed by atoms with Gasteiger partial charge in [-0.3, -0.25) is 9.78 Å². The third-order valence-corrected chi connectivity index (χ3v) is 2.07. The van der Waals surface area contributed by atoms with E-state index in [1.54, 1.807) is 12.4 Å². The molecule has 0 aliphatic heterocycles. The van der Waals surface area contributed by atoms with Gasteiger partial charge in [0.2, 0.25) is 5.91 Å². The molecule has 6 heteroatoms. The van der Waals surface area contributed by atoms with E-state index in [0.717, 1.165) is 12.0 Å². The van der Waals surface area contributed by atoms with Crippen LogP contribution in [0.2, 0.25) is 0 Å². The molecule has 0 aliphatic carbocycles. The van der Waals surface area contributed by atoms with Gasteiger partial charge in [-0.1, -0.05) is 0 Å². The molecule has 1 heterocycles. The van der Waals surface area contributed by atoms with Gasteiger partial charge in [0.25, 0.3) is 0 Å². The Morgan fingerprint density at radius 3 is 2.53 bits per heavy atom. The highest BCUT2D eigenvalue weighted by molar-refractivity contribution is 5.85. The highest BCUT2D eigenvalue weighted by Gasteiger charge is 2.02. The summed E-state index contributed by atoms with van der Waals surface area (Å²) in [5.74, 6) is 0.0455. The van der Waals surface area contributed by atoms with Crippen molar-refractivity contribution in [3.8, 4) is 0 Å². The number of amides is 1. The van der Waals surface area contributed by atoms with Crippen LogP contribution in [0.25, 0.3) is 0 Å². The summed E-state index contributed by atoms with van der Waals surface area (Å²) in [6, 6.07) is 3.84. The quantitative estimate of drug-likeness (QED) is 0.862. The molecule has 0 aromatic carbocycles. The molecule has 0 aliphatic rings. The van der Waals surface area contributed by atoms with Crippen LogP contribution in [-0.4, -0.2) is 16.9 Å². The molecule has 0 fully saturated rings. The summed E-state index contributed by atoms with van der Waals surface area (Å²) in [4.78, 5) is 15.2. The lowest BCUT2D eigenvalue weighted by Crippen LogP contribution is -2.25. The molecule has 17 heavy (non-hydrogen) atoms. The van der Waals surface area contributed by atoms with Crippen LogP contribution in [0.1, 0.15) is 25.3 Å². The van der Waals surface area contributed by atoms with Gasteiger partial charge in [0.15, 0.2) is 0 Å². The van der Waals surface area contributed by atoms with E-state index < -0.39 is 0 Å². The van der Waals surface area contributed by atoms with Crippen LogP contribution < -0.4 is 11.1 Å². The number of hydrogen-bond acceptors (Lipinski definition) is 3. The number of rotatable bonds is 5. The van der Waals surface area contributed by atoms with Crippen molar-refractivity contribution in [2.24, 2.45) is 5.73 Å². The lowest BCUT2D eigenvalue weighted by atomic mass is 10.2. The normalized spacial score (nSPS) is 10.7. The van der Waals surface area contributed by atoms with E-state index in [1.165, 1.54) is 0 Å². The van der Waals surface area contributed by atoms with E-state index in [0.29, 0.717) is 13.0 Å². The molecule has 0 saturated carbocycles. The maximum atomic E-state index is 11.3. The summed E-state index contributed by atoms with van der Waals surface area (Å²) in [5.41, 5.74) is 6.61. The Morgan fingerprint density at radius 1 is 1.41 bits per heavy atom. The maximum Gasteiger partial charge on any atom is 0.220 e. The van der Waals surface area contributed by atoms with Crippen molar-refractivity contribution in [3.63, 3.8) is 0 Å². The summed E-state index contributed by atoms with van der Waals surface area (Å²) in [6.45, 7) is 2.45. The molecule has 4 nitrogen and oxygen atoms in total. The molecule has 1 unspecified atom stereocenters. The van der Waals surface area contributed by atoms with Crippen molar-refractivity contribution in [1.29, 1.82) is 0 Å². The van der Waals surface area contributed by atoms with Gasteiger partial charge in [0.1, 0.15) is 0 Å². The van der Waals surface area contributed by atoms with Crippen molar-refractivity contribution in [1.82, 2.24) is 10.3 Å². The first-order valence-electron chi connectivity index (χ1n) is 5.09.